The summed E-state index contributed by atoms with van der Waals surface area (Å²) in [4.78, 5) is 14.9. The molecule has 1 N–H and O–H groups in total. The van der Waals surface area contributed by atoms with Crippen LogP contribution in [0.2, 0.25) is 0 Å². The molecule has 0 aliphatic carbocycles. The van der Waals surface area contributed by atoms with Crippen LogP contribution < -0.4 is 4.74 Å². The van der Waals surface area contributed by atoms with Gasteiger partial charge in [-0.25, -0.2) is 4.39 Å². The van der Waals surface area contributed by atoms with E-state index in [2.05, 4.69) is 0 Å². The number of alkyl halides is 1. The fourth-order valence-electron chi connectivity index (χ4n) is 5.24. The number of aliphatic hydroxyl groups excluding tert-OH is 1. The van der Waals surface area contributed by atoms with E-state index in [1.165, 1.54) is 0 Å². The maximum absolute atomic E-state index is 13.8. The Morgan fingerprint density at radius 1 is 1.05 bits per heavy atom. The van der Waals surface area contributed by atoms with Gasteiger partial charge in [0.1, 0.15) is 24.3 Å². The number of hydrogen-bond donors (Lipinski definition) is 1. The van der Waals surface area contributed by atoms with Crippen LogP contribution in [0, 0.1) is 5.92 Å². The smallest absolute Gasteiger partial charge is 0.133 e. The summed E-state index contributed by atoms with van der Waals surface area (Å²) < 4.78 is 31.0. The molecule has 0 amide bonds. The number of Topliss-reactive ketones (excluding diaryl/α,β-unsaturated/α-hetero) is 1. The number of hydrogen-bond acceptors (Lipinski definition) is 6. The molecule has 2 saturated heterocycles. The van der Waals surface area contributed by atoms with Gasteiger partial charge in [0.05, 0.1) is 12.2 Å². The highest BCUT2D eigenvalue weighted by Crippen LogP contribution is 2.29. The Hall–Kier alpha value is -2.32. The third kappa shape index (κ3) is 10.6. The minimum atomic E-state index is -0.833. The lowest BCUT2D eigenvalue weighted by atomic mass is 9.89. The van der Waals surface area contributed by atoms with Crippen molar-refractivity contribution in [2.75, 3.05) is 39.5 Å². The second kappa shape index (κ2) is 16.7. The zero-order chi connectivity index (χ0) is 26.6. The molecule has 216 valence electrons. The first-order chi connectivity index (χ1) is 18.6. The number of benzene rings is 2. The van der Waals surface area contributed by atoms with Gasteiger partial charge < -0.3 is 19.3 Å². The van der Waals surface area contributed by atoms with Crippen molar-refractivity contribution in [1.82, 2.24) is 4.90 Å². The van der Waals surface area contributed by atoms with Crippen molar-refractivity contribution in [3.05, 3.63) is 65.7 Å². The molecule has 6 nitrogen and oxygen atoms in total. The highest BCUT2D eigenvalue weighted by atomic mass is 19.1. The summed E-state index contributed by atoms with van der Waals surface area (Å²) in [5.41, 5.74) is 1.83. The quantitative estimate of drug-likeness (QED) is 0.281. The van der Waals surface area contributed by atoms with E-state index in [0.717, 1.165) is 55.8 Å². The van der Waals surface area contributed by atoms with Crippen LogP contribution in [0.5, 0.6) is 5.75 Å². The van der Waals surface area contributed by atoms with Crippen molar-refractivity contribution >= 4 is 5.78 Å². The van der Waals surface area contributed by atoms with Crippen LogP contribution in [0.3, 0.4) is 0 Å². The molecule has 0 aromatic heterocycles. The topological polar surface area (TPSA) is 68.2 Å². The Labute approximate surface area is 233 Å². The molecule has 0 unspecified atom stereocenters. The summed E-state index contributed by atoms with van der Waals surface area (Å²) in [5, 5.41) is 11.3. The van der Waals surface area contributed by atoms with Crippen LogP contribution in [0.1, 0.15) is 69.6 Å². The zero-order valence-electron chi connectivity index (χ0n) is 22.3. The van der Waals surface area contributed by atoms with E-state index in [1.807, 2.05) is 59.5 Å². The predicted molar refractivity (Wildman–Crippen MR) is 152 cm³/mol. The van der Waals surface area contributed by atoms with E-state index in [4.69, 9.17) is 14.2 Å². The van der Waals surface area contributed by atoms with E-state index >= 15 is 0 Å². The van der Waals surface area contributed by atoms with Crippen LogP contribution in [-0.2, 0) is 20.9 Å². The zero-order valence-corrected chi connectivity index (χ0v) is 22.3. The van der Waals surface area contributed by atoms with Gasteiger partial charge in [-0.2, -0.15) is 0 Å². The van der Waals surface area contributed by atoms with Gasteiger partial charge in [0, 0.05) is 58.2 Å². The number of unbranched alkanes of at least 4 members (excludes halogenated alkanes) is 1. The largest absolute Gasteiger partial charge is 0.489 e. The number of halogens is 1. The molecular weight excluding hydrogens is 497 g/mol. The number of carbonyl (C=O) groups is 1. The van der Waals surface area contributed by atoms with E-state index < -0.39 is 12.3 Å². The number of carbonyl (C=O) groups excluding carboxylic acids is 1. The van der Waals surface area contributed by atoms with Crippen molar-refractivity contribution in [3.63, 3.8) is 0 Å². The molecule has 7 heteroatoms. The van der Waals surface area contributed by atoms with E-state index in [1.54, 1.807) is 0 Å². The predicted octanol–water partition coefficient (Wildman–Crippen LogP) is 5.92. The highest BCUT2D eigenvalue weighted by Gasteiger charge is 2.30. The van der Waals surface area contributed by atoms with Crippen molar-refractivity contribution in [2.24, 2.45) is 5.92 Å². The minimum Gasteiger partial charge on any atom is -0.489 e. The molecule has 4 rings (SSSR count). The first-order valence-corrected chi connectivity index (χ1v) is 14.1. The Balaban J connectivity index is 0.00000420. The van der Waals surface area contributed by atoms with Gasteiger partial charge in [0.15, 0.2) is 0 Å². The van der Waals surface area contributed by atoms with E-state index in [9.17, 15) is 14.3 Å². The second-order valence-electron chi connectivity index (χ2n) is 10.6. The summed E-state index contributed by atoms with van der Waals surface area (Å²) in [6.07, 6.45) is 3.39. The molecule has 2 aromatic carbocycles. The molecule has 2 aromatic rings. The summed E-state index contributed by atoms with van der Waals surface area (Å²) in [6, 6.07) is 17.4. The Morgan fingerprint density at radius 3 is 2.49 bits per heavy atom. The average Bonchev–Trinajstić information content (AvgIpc) is 3.36. The second-order valence-corrected chi connectivity index (χ2v) is 10.6. The first-order valence-electron chi connectivity index (χ1n) is 14.1. The highest BCUT2D eigenvalue weighted by molar-refractivity contribution is 5.78. The van der Waals surface area contributed by atoms with Gasteiger partial charge >= 0.3 is 0 Å². The SMILES string of the molecule is C.O=C(CCCCOC1CCOCC1)C[C@H](CN1CC[C@@H](F)C1)[C@H](O)c1ccc(OCc2ccccc2)cc1. The first kappa shape index (κ1) is 31.2. The molecule has 2 fully saturated rings. The third-order valence-corrected chi connectivity index (χ3v) is 7.49. The monoisotopic (exact) mass is 543 g/mol. The summed E-state index contributed by atoms with van der Waals surface area (Å²) >= 11 is 0. The normalized spacial score (nSPS) is 19.8. The fourth-order valence-corrected chi connectivity index (χ4v) is 5.24. The van der Waals surface area contributed by atoms with Crippen LogP contribution >= 0.6 is 0 Å². The summed E-state index contributed by atoms with van der Waals surface area (Å²) in [7, 11) is 0. The lowest BCUT2D eigenvalue weighted by molar-refractivity contribution is -0.121. The van der Waals surface area contributed by atoms with Gasteiger partial charge in [-0.15, -0.1) is 0 Å². The maximum atomic E-state index is 13.8. The summed E-state index contributed by atoms with van der Waals surface area (Å²) in [5.74, 6) is 0.571. The molecule has 39 heavy (non-hydrogen) atoms. The van der Waals surface area contributed by atoms with Gasteiger partial charge in [-0.3, -0.25) is 9.69 Å². The van der Waals surface area contributed by atoms with Gasteiger partial charge in [0.2, 0.25) is 0 Å². The number of rotatable bonds is 15. The number of likely N-dealkylation sites (tertiary alicyclic amines) is 1. The Kier molecular flexibility index (Phi) is 13.4. The van der Waals surface area contributed by atoms with Crippen molar-refractivity contribution < 1.29 is 28.5 Å². The molecule has 0 saturated carbocycles. The number of aliphatic hydroxyl groups is 1. The standard InChI is InChI=1S/C31H42FNO5.CH4/c32-27-13-16-33(22-27)21-26(20-28(34)8-4-5-17-37-30-14-18-36-19-15-30)31(35)25-9-11-29(12-10-25)38-23-24-6-2-1-3-7-24;/h1-3,6-7,9-12,26-27,30-31,35H,4-5,8,13-23H2;1H4/t26-,27-,31-;/m1./s1. The van der Waals surface area contributed by atoms with Crippen LogP contribution in [0.25, 0.3) is 0 Å². The van der Waals surface area contributed by atoms with Crippen molar-refractivity contribution in [3.8, 4) is 5.75 Å². The lowest BCUT2D eigenvalue weighted by Crippen LogP contribution is -2.32. The molecular formula is C32H46FNO5. The van der Waals surface area contributed by atoms with E-state index in [-0.39, 0.29) is 31.7 Å². The average molecular weight is 544 g/mol. The minimum absolute atomic E-state index is 0. The van der Waals surface area contributed by atoms with Crippen LogP contribution in [0.4, 0.5) is 4.39 Å². The molecule has 2 aliphatic heterocycles. The van der Waals surface area contributed by atoms with Gasteiger partial charge in [-0.1, -0.05) is 49.9 Å². The Morgan fingerprint density at radius 2 is 1.79 bits per heavy atom. The maximum Gasteiger partial charge on any atom is 0.133 e. The molecule has 0 radical (unpaired) electrons. The number of ether oxygens (including phenoxy) is 3. The third-order valence-electron chi connectivity index (χ3n) is 7.49. The summed E-state index contributed by atoms with van der Waals surface area (Å²) in [6.45, 7) is 4.19. The van der Waals surface area contributed by atoms with E-state index in [0.29, 0.717) is 45.7 Å². The lowest BCUT2D eigenvalue weighted by Gasteiger charge is -2.27. The number of nitrogens with zero attached hydrogens (tertiary/aromatic N) is 1. The fraction of sp³-hybridized carbons (Fsp3) is 0.594. The van der Waals surface area contributed by atoms with Crippen LogP contribution in [-0.4, -0.2) is 67.5 Å². The van der Waals surface area contributed by atoms with Crippen molar-refractivity contribution in [1.29, 1.82) is 0 Å². The number of ketones is 1. The van der Waals surface area contributed by atoms with Gasteiger partial charge in [-0.05, 0) is 55.4 Å². The molecule has 0 bridgehead atoms. The molecule has 2 heterocycles. The Bertz CT molecular complexity index is 951. The molecule has 0 spiro atoms. The van der Waals surface area contributed by atoms with Crippen molar-refractivity contribution in [2.45, 2.75) is 77.4 Å². The molecule has 3 atom stereocenters. The van der Waals surface area contributed by atoms with Gasteiger partial charge in [0.25, 0.3) is 0 Å². The molecule has 2 aliphatic rings. The van der Waals surface area contributed by atoms with Crippen LogP contribution in [0.15, 0.2) is 54.6 Å².